The number of nitrogens with one attached hydrogen (secondary N) is 2. The van der Waals surface area contributed by atoms with Gasteiger partial charge in [-0.1, -0.05) is 5.92 Å². The van der Waals surface area contributed by atoms with Gasteiger partial charge in [-0.15, -0.1) is 6.42 Å². The molecule has 2 rings (SSSR count). The van der Waals surface area contributed by atoms with Crippen LogP contribution in [0, 0.1) is 17.8 Å². The van der Waals surface area contributed by atoms with Crippen LogP contribution in [-0.2, 0) is 4.79 Å². The Morgan fingerprint density at radius 3 is 3.17 bits per heavy atom. The predicted octanol–water partition coefficient (Wildman–Crippen LogP) is -0.203. The van der Waals surface area contributed by atoms with E-state index in [1.54, 1.807) is 7.05 Å². The first-order valence-electron chi connectivity index (χ1n) is 6.35. The summed E-state index contributed by atoms with van der Waals surface area (Å²) in [6, 6.07) is 0. The molecule has 2 N–H and O–H groups in total. The van der Waals surface area contributed by atoms with Gasteiger partial charge in [-0.25, -0.2) is 0 Å². The van der Waals surface area contributed by atoms with Crippen LogP contribution in [0.15, 0.2) is 4.99 Å². The molecule has 1 atom stereocenters. The highest BCUT2D eigenvalue weighted by molar-refractivity contribution is 5.81. The lowest BCUT2D eigenvalue weighted by atomic mass is 9.79. The Hall–Kier alpha value is -1.70. The summed E-state index contributed by atoms with van der Waals surface area (Å²) in [5, 5.41) is 6.08. The number of nitrogens with zero attached hydrogens (tertiary/aromatic N) is 2. The lowest BCUT2D eigenvalue weighted by Gasteiger charge is -2.40. The first kappa shape index (κ1) is 12.7. The third-order valence-electron chi connectivity index (χ3n) is 3.72. The SMILES string of the molecule is C#CCNC(=NC)N1CCCC2(CNC(=O)C2)C1. The van der Waals surface area contributed by atoms with Crippen LogP contribution in [0.3, 0.4) is 0 Å². The first-order chi connectivity index (χ1) is 8.69. The number of terminal acetylenes is 1. The van der Waals surface area contributed by atoms with Gasteiger partial charge in [-0.05, 0) is 12.8 Å². The zero-order chi connectivity index (χ0) is 13.0. The summed E-state index contributed by atoms with van der Waals surface area (Å²) in [6.45, 7) is 3.11. The summed E-state index contributed by atoms with van der Waals surface area (Å²) < 4.78 is 0. The minimum atomic E-state index is 0.0864. The van der Waals surface area contributed by atoms with E-state index in [1.807, 2.05) is 0 Å². The molecule has 2 aliphatic heterocycles. The fraction of sp³-hybridized carbons (Fsp3) is 0.692. The molecule has 98 valence electrons. The van der Waals surface area contributed by atoms with Gasteiger partial charge in [-0.3, -0.25) is 9.79 Å². The molecular weight excluding hydrogens is 228 g/mol. The van der Waals surface area contributed by atoms with E-state index in [-0.39, 0.29) is 11.3 Å². The lowest BCUT2D eigenvalue weighted by molar-refractivity contribution is -0.119. The largest absolute Gasteiger partial charge is 0.355 e. The van der Waals surface area contributed by atoms with Crippen molar-refractivity contribution in [3.8, 4) is 12.3 Å². The summed E-state index contributed by atoms with van der Waals surface area (Å²) in [7, 11) is 1.76. The van der Waals surface area contributed by atoms with E-state index in [4.69, 9.17) is 6.42 Å². The summed E-state index contributed by atoms with van der Waals surface area (Å²) in [5.74, 6) is 3.56. The first-order valence-corrected chi connectivity index (χ1v) is 6.35. The van der Waals surface area contributed by atoms with Crippen molar-refractivity contribution < 1.29 is 4.79 Å². The topological polar surface area (TPSA) is 56.7 Å². The number of guanidine groups is 1. The number of amides is 1. The summed E-state index contributed by atoms with van der Waals surface area (Å²) in [6.07, 6.45) is 8.08. The molecule has 0 radical (unpaired) electrons. The maximum absolute atomic E-state index is 11.4. The summed E-state index contributed by atoms with van der Waals surface area (Å²) in [4.78, 5) is 17.9. The number of hydrogen-bond donors (Lipinski definition) is 2. The molecule has 2 fully saturated rings. The van der Waals surface area contributed by atoms with E-state index < -0.39 is 0 Å². The number of likely N-dealkylation sites (tertiary alicyclic amines) is 1. The molecule has 0 aromatic heterocycles. The second-order valence-electron chi connectivity index (χ2n) is 5.08. The normalized spacial score (nSPS) is 28.1. The second kappa shape index (κ2) is 5.30. The Balaban J connectivity index is 2.02. The molecule has 5 heteroatoms. The zero-order valence-electron chi connectivity index (χ0n) is 10.8. The monoisotopic (exact) mass is 248 g/mol. The number of piperidine rings is 1. The molecular formula is C13H20N4O. The van der Waals surface area contributed by atoms with E-state index in [0.29, 0.717) is 13.0 Å². The maximum Gasteiger partial charge on any atom is 0.220 e. The van der Waals surface area contributed by atoms with Crippen molar-refractivity contribution in [3.63, 3.8) is 0 Å². The minimum Gasteiger partial charge on any atom is -0.355 e. The van der Waals surface area contributed by atoms with Crippen molar-refractivity contribution >= 4 is 11.9 Å². The van der Waals surface area contributed by atoms with E-state index in [0.717, 1.165) is 38.4 Å². The van der Waals surface area contributed by atoms with Gasteiger partial charge < -0.3 is 15.5 Å². The molecule has 0 aromatic carbocycles. The van der Waals surface area contributed by atoms with Gasteiger partial charge in [0.05, 0.1) is 6.54 Å². The van der Waals surface area contributed by atoms with Crippen molar-refractivity contribution in [3.05, 3.63) is 0 Å². The molecule has 0 aromatic rings. The summed E-state index contributed by atoms with van der Waals surface area (Å²) >= 11 is 0. The average molecular weight is 248 g/mol. The zero-order valence-corrected chi connectivity index (χ0v) is 10.8. The number of aliphatic imine (C=N–C) groups is 1. The molecule has 18 heavy (non-hydrogen) atoms. The van der Waals surface area contributed by atoms with Gasteiger partial charge in [0.2, 0.25) is 5.91 Å². The Bertz CT molecular complexity index is 398. The second-order valence-corrected chi connectivity index (χ2v) is 5.08. The van der Waals surface area contributed by atoms with Crippen molar-refractivity contribution in [2.75, 3.05) is 33.2 Å². The molecule has 2 heterocycles. The van der Waals surface area contributed by atoms with Crippen molar-refractivity contribution in [2.45, 2.75) is 19.3 Å². The molecule has 1 amide bonds. The number of carbonyl (C=O) groups excluding carboxylic acids is 1. The fourth-order valence-corrected chi connectivity index (χ4v) is 2.89. The highest BCUT2D eigenvalue weighted by atomic mass is 16.1. The van der Waals surface area contributed by atoms with Crippen molar-refractivity contribution in [1.29, 1.82) is 0 Å². The van der Waals surface area contributed by atoms with Crippen molar-refractivity contribution in [2.24, 2.45) is 10.4 Å². The van der Waals surface area contributed by atoms with Crippen LogP contribution >= 0.6 is 0 Å². The average Bonchev–Trinajstić information content (AvgIpc) is 2.71. The van der Waals surface area contributed by atoms with Gasteiger partial charge >= 0.3 is 0 Å². The Labute approximate surface area is 108 Å². The third kappa shape index (κ3) is 2.58. The highest BCUT2D eigenvalue weighted by Crippen LogP contribution is 2.35. The van der Waals surface area contributed by atoms with E-state index in [9.17, 15) is 4.79 Å². The van der Waals surface area contributed by atoms with Crippen LogP contribution in [0.4, 0.5) is 0 Å². The Kier molecular flexibility index (Phi) is 3.75. The Morgan fingerprint density at radius 1 is 1.72 bits per heavy atom. The fourth-order valence-electron chi connectivity index (χ4n) is 2.89. The molecule has 1 unspecified atom stereocenters. The summed E-state index contributed by atoms with van der Waals surface area (Å²) in [5.41, 5.74) is 0.0864. The maximum atomic E-state index is 11.4. The smallest absolute Gasteiger partial charge is 0.220 e. The van der Waals surface area contributed by atoms with Crippen LogP contribution in [-0.4, -0.2) is 50.0 Å². The van der Waals surface area contributed by atoms with E-state index >= 15 is 0 Å². The third-order valence-corrected chi connectivity index (χ3v) is 3.72. The van der Waals surface area contributed by atoms with Crippen molar-refractivity contribution in [1.82, 2.24) is 15.5 Å². The van der Waals surface area contributed by atoms with Gasteiger partial charge in [0.25, 0.3) is 0 Å². The van der Waals surface area contributed by atoms with Gasteiger partial charge in [-0.2, -0.15) is 0 Å². The number of rotatable bonds is 1. The van der Waals surface area contributed by atoms with Gasteiger partial charge in [0.1, 0.15) is 0 Å². The number of hydrogen-bond acceptors (Lipinski definition) is 2. The van der Waals surface area contributed by atoms with Crippen LogP contribution < -0.4 is 10.6 Å². The number of carbonyl (C=O) groups is 1. The molecule has 1 spiro atoms. The standard InChI is InChI=1S/C13H20N4O/c1-3-6-15-12(14-2)17-7-4-5-13(10-17)8-11(18)16-9-13/h1H,4-10H2,2H3,(H,14,15)(H,16,18). The van der Waals surface area contributed by atoms with E-state index in [2.05, 4.69) is 26.4 Å². The van der Waals surface area contributed by atoms with Gasteiger partial charge in [0, 0.05) is 38.5 Å². The molecule has 0 saturated carbocycles. The van der Waals surface area contributed by atoms with Crippen LogP contribution in [0.25, 0.3) is 0 Å². The van der Waals surface area contributed by atoms with Crippen LogP contribution in [0.1, 0.15) is 19.3 Å². The predicted molar refractivity (Wildman–Crippen MR) is 71.1 cm³/mol. The lowest BCUT2D eigenvalue weighted by Crippen LogP contribution is -2.51. The quantitative estimate of drug-likeness (QED) is 0.384. The minimum absolute atomic E-state index is 0.0864. The molecule has 2 saturated heterocycles. The van der Waals surface area contributed by atoms with Gasteiger partial charge in [0.15, 0.2) is 5.96 Å². The van der Waals surface area contributed by atoms with Crippen LogP contribution in [0.2, 0.25) is 0 Å². The van der Waals surface area contributed by atoms with Crippen LogP contribution in [0.5, 0.6) is 0 Å². The molecule has 0 bridgehead atoms. The molecule has 0 aliphatic carbocycles. The highest BCUT2D eigenvalue weighted by Gasteiger charge is 2.42. The molecule has 2 aliphatic rings. The Morgan fingerprint density at radius 2 is 2.56 bits per heavy atom. The van der Waals surface area contributed by atoms with E-state index in [1.165, 1.54) is 0 Å². The molecule has 5 nitrogen and oxygen atoms in total.